The lowest BCUT2D eigenvalue weighted by Gasteiger charge is -2.20. The summed E-state index contributed by atoms with van der Waals surface area (Å²) in [5.74, 6) is 5.84. The van der Waals surface area contributed by atoms with E-state index >= 15 is 0 Å². The topological polar surface area (TPSA) is 106 Å². The number of nitrogens with zero attached hydrogens (tertiary/aromatic N) is 1. The zero-order chi connectivity index (χ0) is 21.6. The van der Waals surface area contributed by atoms with E-state index in [-0.39, 0.29) is 12.4 Å². The van der Waals surface area contributed by atoms with Gasteiger partial charge in [-0.2, -0.15) is 0 Å². The van der Waals surface area contributed by atoms with Gasteiger partial charge < -0.3 is 24.1 Å². The van der Waals surface area contributed by atoms with E-state index < -0.39 is 17.5 Å². The van der Waals surface area contributed by atoms with Crippen LogP contribution in [0, 0.1) is 11.8 Å². The first-order chi connectivity index (χ1) is 15.0. The van der Waals surface area contributed by atoms with Crippen LogP contribution in [0.4, 0.5) is 4.79 Å². The second kappa shape index (κ2) is 6.85. The predicted molar refractivity (Wildman–Crippen MR) is 113 cm³/mol. The largest absolute Gasteiger partial charge is 0.497 e. The summed E-state index contributed by atoms with van der Waals surface area (Å²) < 4.78 is 12.0. The highest BCUT2D eigenvalue weighted by molar-refractivity contribution is 6.09. The highest BCUT2D eigenvalue weighted by Crippen LogP contribution is 2.32. The first kappa shape index (κ1) is 18.6. The van der Waals surface area contributed by atoms with Gasteiger partial charge in [0, 0.05) is 27.9 Å². The lowest BCUT2D eigenvalue weighted by atomic mass is 9.99. The molecular weight excluding hydrogens is 398 g/mol. The maximum Gasteiger partial charge on any atom is 0.323 e. The molecule has 154 valence electrons. The van der Waals surface area contributed by atoms with Crippen LogP contribution in [0.2, 0.25) is 0 Å². The van der Waals surface area contributed by atoms with Gasteiger partial charge in [0.15, 0.2) is 5.88 Å². The van der Waals surface area contributed by atoms with Crippen LogP contribution in [0.25, 0.3) is 21.7 Å². The van der Waals surface area contributed by atoms with Gasteiger partial charge in [0.25, 0.3) is 5.91 Å². The van der Waals surface area contributed by atoms with Crippen molar-refractivity contribution >= 4 is 33.7 Å². The molecule has 0 radical (unpaired) electrons. The minimum Gasteiger partial charge on any atom is -0.497 e. The lowest BCUT2D eigenvalue weighted by molar-refractivity contribution is -0.122. The summed E-state index contributed by atoms with van der Waals surface area (Å²) in [4.78, 5) is 24.6. The van der Waals surface area contributed by atoms with Crippen LogP contribution in [0.3, 0.4) is 0 Å². The third-order valence-electron chi connectivity index (χ3n) is 5.29. The van der Waals surface area contributed by atoms with Crippen LogP contribution in [0.15, 0.2) is 59.3 Å². The Bertz CT molecular complexity index is 1420. The Morgan fingerprint density at radius 3 is 2.81 bits per heavy atom. The van der Waals surface area contributed by atoms with Crippen molar-refractivity contribution < 1.29 is 23.8 Å². The zero-order valence-corrected chi connectivity index (χ0v) is 16.4. The van der Waals surface area contributed by atoms with Gasteiger partial charge in [-0.1, -0.05) is 11.8 Å². The molecule has 0 spiro atoms. The summed E-state index contributed by atoms with van der Waals surface area (Å²) in [5.41, 5.74) is -0.153. The molecule has 3 heterocycles. The van der Waals surface area contributed by atoms with Crippen molar-refractivity contribution in [3.05, 3.63) is 60.5 Å². The van der Waals surface area contributed by atoms with Crippen LogP contribution < -0.4 is 15.4 Å². The Hall–Kier alpha value is -4.38. The highest BCUT2D eigenvalue weighted by atomic mass is 16.5. The first-order valence-corrected chi connectivity index (χ1v) is 9.47. The number of amides is 3. The number of urea groups is 1. The molecule has 2 aromatic heterocycles. The van der Waals surface area contributed by atoms with Crippen LogP contribution >= 0.6 is 0 Å². The van der Waals surface area contributed by atoms with Crippen molar-refractivity contribution in [3.8, 4) is 23.5 Å². The Kier molecular flexibility index (Phi) is 4.12. The van der Waals surface area contributed by atoms with Crippen molar-refractivity contribution in [2.24, 2.45) is 0 Å². The van der Waals surface area contributed by atoms with E-state index in [2.05, 4.69) is 22.5 Å². The number of carbonyl (C=O) groups excluding carboxylic acids is 2. The van der Waals surface area contributed by atoms with E-state index in [4.69, 9.17) is 9.15 Å². The number of furan rings is 1. The molecule has 1 fully saturated rings. The molecule has 0 unspecified atom stereocenters. The summed E-state index contributed by atoms with van der Waals surface area (Å²) in [5, 5.41) is 17.8. The Morgan fingerprint density at radius 1 is 1.16 bits per heavy atom. The van der Waals surface area contributed by atoms with E-state index in [0.717, 1.165) is 16.4 Å². The fraction of sp³-hybridized carbons (Fsp3) is 0.130. The summed E-state index contributed by atoms with van der Waals surface area (Å²) in [6.45, 7) is -0.0750. The van der Waals surface area contributed by atoms with Crippen molar-refractivity contribution in [2.75, 3.05) is 7.11 Å². The molecule has 4 aromatic rings. The van der Waals surface area contributed by atoms with Gasteiger partial charge in [-0.3, -0.25) is 10.1 Å². The summed E-state index contributed by atoms with van der Waals surface area (Å²) in [7, 11) is 1.54. The maximum atomic E-state index is 12.7. The molecule has 2 aromatic carbocycles. The summed E-state index contributed by atoms with van der Waals surface area (Å²) in [6.07, 6.45) is 3.28. The van der Waals surface area contributed by atoms with Crippen molar-refractivity contribution in [3.63, 3.8) is 0 Å². The van der Waals surface area contributed by atoms with Crippen molar-refractivity contribution in [1.29, 1.82) is 0 Å². The number of ether oxygens (including phenoxy) is 1. The molecule has 1 saturated heterocycles. The van der Waals surface area contributed by atoms with Crippen LogP contribution in [-0.4, -0.2) is 34.3 Å². The number of hydrogen-bond donors (Lipinski definition) is 3. The highest BCUT2D eigenvalue weighted by Gasteiger charge is 2.46. The molecule has 3 amide bonds. The molecule has 0 aliphatic carbocycles. The maximum absolute atomic E-state index is 12.7. The normalized spacial score (nSPS) is 18.0. The lowest BCUT2D eigenvalue weighted by Crippen LogP contribution is -2.49. The quantitative estimate of drug-likeness (QED) is 0.352. The van der Waals surface area contributed by atoms with E-state index in [1.165, 1.54) is 4.57 Å². The van der Waals surface area contributed by atoms with Crippen LogP contribution in [-0.2, 0) is 11.3 Å². The van der Waals surface area contributed by atoms with Gasteiger partial charge in [-0.05, 0) is 42.5 Å². The fourth-order valence-electron chi connectivity index (χ4n) is 3.68. The standard InChI is InChI=1S/C23H17N3O5/c1-30-17-4-3-16-12-26(20(27)18(16)11-17)13-23(21(28)24-22(29)25-23)8-6-14-2-5-19-15(10-14)7-9-31-19/h2-5,7,9-12,27H,13H2,1H3,(H2,24,25,28,29)/t23-/m1/s1. The van der Waals surface area contributed by atoms with E-state index in [9.17, 15) is 14.7 Å². The summed E-state index contributed by atoms with van der Waals surface area (Å²) >= 11 is 0. The average molecular weight is 415 g/mol. The SMILES string of the molecule is COc1ccc2cn(C[C@@]3(C#Cc4ccc5occc5c4)NC(=O)NC3=O)c(O)c2c1. The zero-order valence-electron chi connectivity index (χ0n) is 16.4. The Balaban J connectivity index is 1.56. The third kappa shape index (κ3) is 3.13. The predicted octanol–water partition coefficient (Wildman–Crippen LogP) is 2.73. The van der Waals surface area contributed by atoms with Gasteiger partial charge in [0.05, 0.1) is 19.9 Å². The van der Waals surface area contributed by atoms with E-state index in [0.29, 0.717) is 16.7 Å². The van der Waals surface area contributed by atoms with Crippen LogP contribution in [0.1, 0.15) is 5.56 Å². The second-order valence-corrected chi connectivity index (χ2v) is 7.27. The third-order valence-corrected chi connectivity index (χ3v) is 5.29. The van der Waals surface area contributed by atoms with Gasteiger partial charge in [-0.25, -0.2) is 4.79 Å². The average Bonchev–Trinajstić information content (AvgIpc) is 3.43. The Morgan fingerprint density at radius 2 is 2.03 bits per heavy atom. The number of nitrogens with one attached hydrogen (secondary N) is 2. The number of imide groups is 1. The first-order valence-electron chi connectivity index (χ1n) is 9.47. The van der Waals surface area contributed by atoms with Crippen molar-refractivity contribution in [1.82, 2.24) is 15.2 Å². The Labute approximate surface area is 176 Å². The van der Waals surface area contributed by atoms with E-state index in [1.54, 1.807) is 49.9 Å². The number of benzene rings is 2. The minimum atomic E-state index is -1.54. The second-order valence-electron chi connectivity index (χ2n) is 7.27. The number of aromatic nitrogens is 1. The van der Waals surface area contributed by atoms with E-state index in [1.807, 2.05) is 12.1 Å². The number of aromatic hydroxyl groups is 1. The number of rotatable bonds is 3. The molecular formula is C23H17N3O5. The van der Waals surface area contributed by atoms with Gasteiger partial charge in [0.1, 0.15) is 11.3 Å². The number of carbonyl (C=O) groups is 2. The fourth-order valence-corrected chi connectivity index (χ4v) is 3.68. The molecule has 31 heavy (non-hydrogen) atoms. The molecule has 0 saturated carbocycles. The number of hydrogen-bond acceptors (Lipinski definition) is 5. The molecule has 5 rings (SSSR count). The monoisotopic (exact) mass is 415 g/mol. The van der Waals surface area contributed by atoms with Crippen LogP contribution in [0.5, 0.6) is 11.6 Å². The molecule has 8 heteroatoms. The van der Waals surface area contributed by atoms with Gasteiger partial charge in [0.2, 0.25) is 5.54 Å². The van der Waals surface area contributed by atoms with Crippen molar-refractivity contribution in [2.45, 2.75) is 12.1 Å². The summed E-state index contributed by atoms with van der Waals surface area (Å²) in [6, 6.07) is 11.9. The molecule has 3 N–H and O–H groups in total. The molecule has 1 atom stereocenters. The molecule has 8 nitrogen and oxygen atoms in total. The number of fused-ring (bicyclic) bond motifs is 2. The smallest absolute Gasteiger partial charge is 0.323 e. The number of methoxy groups -OCH3 is 1. The minimum absolute atomic E-state index is 0.0520. The molecule has 1 aliphatic heterocycles. The van der Waals surface area contributed by atoms with Gasteiger partial charge >= 0.3 is 6.03 Å². The molecule has 1 aliphatic rings. The molecule has 0 bridgehead atoms. The van der Waals surface area contributed by atoms with Gasteiger partial charge in [-0.15, -0.1) is 0 Å².